The lowest BCUT2D eigenvalue weighted by atomic mass is 9.90. The second-order valence-corrected chi connectivity index (χ2v) is 8.63. The molecule has 0 radical (unpaired) electrons. The number of carbonyl (C=O) groups is 3. The second kappa shape index (κ2) is 14.9. The van der Waals surface area contributed by atoms with E-state index in [-0.39, 0.29) is 19.6 Å². The van der Waals surface area contributed by atoms with Crippen LogP contribution in [0.15, 0.2) is 29.2 Å². The highest BCUT2D eigenvalue weighted by atomic mass is 32.2. The average Bonchev–Trinajstić information content (AvgIpc) is 2.73. The third kappa shape index (κ3) is 9.33. The lowest BCUT2D eigenvalue weighted by molar-refractivity contribution is -0.168. The van der Waals surface area contributed by atoms with Crippen LogP contribution in [0, 0.1) is 0 Å². The van der Waals surface area contributed by atoms with Gasteiger partial charge in [0, 0.05) is 18.2 Å². The van der Waals surface area contributed by atoms with Crippen LogP contribution in [0.5, 0.6) is 0 Å². The fraction of sp³-hybridized carbons (Fsp3) is 0.625. The smallest absolute Gasteiger partial charge is 0.344 e. The Kier molecular flexibility index (Phi) is 13.0. The highest BCUT2D eigenvalue weighted by Gasteiger charge is 2.50. The van der Waals surface area contributed by atoms with Gasteiger partial charge in [0.1, 0.15) is 0 Å². The van der Waals surface area contributed by atoms with Crippen LogP contribution >= 0.6 is 11.8 Å². The normalized spacial score (nSPS) is 11.1. The number of hydrogen-bond donors (Lipinski definition) is 1. The SMILES string of the molecule is CCCCCCCCSc1ccc(CC(NC(C)=O)(C(=O)OCC)C(=O)OCC)cc1. The Morgan fingerprint density at radius 1 is 0.871 bits per heavy atom. The van der Waals surface area contributed by atoms with Gasteiger partial charge in [0.2, 0.25) is 11.4 Å². The number of nitrogens with one attached hydrogen (secondary N) is 1. The largest absolute Gasteiger partial charge is 0.464 e. The van der Waals surface area contributed by atoms with Crippen molar-refractivity contribution in [2.24, 2.45) is 0 Å². The van der Waals surface area contributed by atoms with E-state index in [2.05, 4.69) is 12.2 Å². The molecular formula is C24H37NO5S. The molecule has 1 rings (SSSR count). The molecule has 6 nitrogen and oxygen atoms in total. The van der Waals surface area contributed by atoms with Crippen molar-refractivity contribution in [3.8, 4) is 0 Å². The minimum absolute atomic E-state index is 0.0351. The van der Waals surface area contributed by atoms with Crippen LogP contribution in [0.4, 0.5) is 0 Å². The molecule has 0 spiro atoms. The Bertz CT molecular complexity index is 672. The maximum Gasteiger partial charge on any atom is 0.344 e. The summed E-state index contributed by atoms with van der Waals surface area (Å²) in [5.41, 5.74) is -1.16. The van der Waals surface area contributed by atoms with E-state index in [1.165, 1.54) is 45.4 Å². The Balaban J connectivity index is 2.83. The van der Waals surface area contributed by atoms with Crippen LogP contribution in [0.1, 0.15) is 71.8 Å². The molecule has 0 saturated heterocycles. The zero-order valence-corrected chi connectivity index (χ0v) is 20.1. The van der Waals surface area contributed by atoms with Gasteiger partial charge in [0.05, 0.1) is 13.2 Å². The Morgan fingerprint density at radius 3 is 1.94 bits per heavy atom. The number of ether oxygens (including phenoxy) is 2. The molecule has 0 bridgehead atoms. The van der Waals surface area contributed by atoms with Crippen molar-refractivity contribution in [3.63, 3.8) is 0 Å². The predicted molar refractivity (Wildman–Crippen MR) is 124 cm³/mol. The van der Waals surface area contributed by atoms with Crippen molar-refractivity contribution in [2.75, 3.05) is 19.0 Å². The molecule has 0 aliphatic carbocycles. The summed E-state index contributed by atoms with van der Waals surface area (Å²) in [5.74, 6) is -1.07. The monoisotopic (exact) mass is 451 g/mol. The van der Waals surface area contributed by atoms with Gasteiger partial charge in [-0.2, -0.15) is 0 Å². The third-order valence-corrected chi connectivity index (χ3v) is 5.89. The van der Waals surface area contributed by atoms with Crippen LogP contribution < -0.4 is 5.32 Å². The quantitative estimate of drug-likeness (QED) is 0.180. The lowest BCUT2D eigenvalue weighted by Gasteiger charge is -2.29. The van der Waals surface area contributed by atoms with Crippen molar-refractivity contribution in [1.82, 2.24) is 5.32 Å². The summed E-state index contributed by atoms with van der Waals surface area (Å²) in [6.07, 6.45) is 7.58. The third-order valence-electron chi connectivity index (χ3n) is 4.80. The van der Waals surface area contributed by atoms with E-state index in [1.807, 2.05) is 24.3 Å². The number of unbranched alkanes of at least 4 members (excludes halogenated alkanes) is 5. The molecule has 31 heavy (non-hydrogen) atoms. The maximum absolute atomic E-state index is 12.7. The van der Waals surface area contributed by atoms with Crippen LogP contribution in [-0.2, 0) is 30.3 Å². The summed E-state index contributed by atoms with van der Waals surface area (Å²) in [4.78, 5) is 38.4. The van der Waals surface area contributed by atoms with Gasteiger partial charge in [-0.05, 0) is 43.7 Å². The number of esters is 2. The van der Waals surface area contributed by atoms with Crippen LogP contribution in [-0.4, -0.2) is 42.4 Å². The first-order chi connectivity index (χ1) is 14.9. The first-order valence-corrected chi connectivity index (χ1v) is 12.2. The molecule has 174 valence electrons. The number of rotatable bonds is 15. The van der Waals surface area contributed by atoms with Crippen LogP contribution in [0.2, 0.25) is 0 Å². The first kappa shape index (κ1) is 27.0. The molecule has 1 aromatic rings. The fourth-order valence-electron chi connectivity index (χ4n) is 3.27. The van der Waals surface area contributed by atoms with Gasteiger partial charge < -0.3 is 14.8 Å². The topological polar surface area (TPSA) is 81.7 Å². The van der Waals surface area contributed by atoms with Gasteiger partial charge in [-0.1, -0.05) is 51.2 Å². The summed E-state index contributed by atoms with van der Waals surface area (Å²) in [5, 5.41) is 2.50. The minimum atomic E-state index is -1.90. The molecule has 1 aromatic carbocycles. The van der Waals surface area contributed by atoms with E-state index < -0.39 is 23.4 Å². The number of hydrogen-bond acceptors (Lipinski definition) is 6. The zero-order chi connectivity index (χ0) is 23.1. The molecule has 1 amide bonds. The van der Waals surface area contributed by atoms with Crippen molar-refractivity contribution >= 4 is 29.6 Å². The van der Waals surface area contributed by atoms with Crippen molar-refractivity contribution < 1.29 is 23.9 Å². The molecule has 0 heterocycles. The summed E-state index contributed by atoms with van der Waals surface area (Å²) in [6, 6.07) is 7.70. The summed E-state index contributed by atoms with van der Waals surface area (Å²) < 4.78 is 10.2. The van der Waals surface area contributed by atoms with Crippen molar-refractivity contribution in [2.45, 2.75) is 83.1 Å². The minimum Gasteiger partial charge on any atom is -0.464 e. The van der Waals surface area contributed by atoms with E-state index in [0.29, 0.717) is 0 Å². The molecule has 7 heteroatoms. The van der Waals surface area contributed by atoms with E-state index in [4.69, 9.17) is 9.47 Å². The van der Waals surface area contributed by atoms with Gasteiger partial charge in [0.15, 0.2) is 0 Å². The molecule has 0 aromatic heterocycles. The average molecular weight is 452 g/mol. The van der Waals surface area contributed by atoms with E-state index in [9.17, 15) is 14.4 Å². The summed E-state index contributed by atoms with van der Waals surface area (Å²) in [7, 11) is 0. The molecule has 0 saturated carbocycles. The molecule has 0 unspecified atom stereocenters. The zero-order valence-electron chi connectivity index (χ0n) is 19.3. The van der Waals surface area contributed by atoms with E-state index in [1.54, 1.807) is 25.6 Å². The van der Waals surface area contributed by atoms with Gasteiger partial charge >= 0.3 is 11.9 Å². The summed E-state index contributed by atoms with van der Waals surface area (Å²) >= 11 is 1.80. The first-order valence-electron chi connectivity index (χ1n) is 11.2. The number of benzene rings is 1. The molecular weight excluding hydrogens is 414 g/mol. The standard InChI is InChI=1S/C24H37NO5S/c1-5-8-9-10-11-12-17-31-21-15-13-20(14-16-21)18-24(25-19(4)26,22(27)29-6-2)23(28)30-7-3/h13-16H,5-12,17-18H2,1-4H3,(H,25,26). The maximum atomic E-state index is 12.7. The lowest BCUT2D eigenvalue weighted by Crippen LogP contribution is -2.62. The van der Waals surface area contributed by atoms with E-state index >= 15 is 0 Å². The number of thioether (sulfide) groups is 1. The summed E-state index contributed by atoms with van der Waals surface area (Å²) in [6.45, 7) is 6.96. The van der Waals surface area contributed by atoms with Gasteiger partial charge in [-0.3, -0.25) is 4.79 Å². The number of carbonyl (C=O) groups excluding carboxylic acids is 3. The Hall–Kier alpha value is -2.02. The van der Waals surface area contributed by atoms with Crippen molar-refractivity contribution in [3.05, 3.63) is 29.8 Å². The van der Waals surface area contributed by atoms with Gasteiger partial charge in [-0.15, -0.1) is 11.8 Å². The molecule has 0 fully saturated rings. The predicted octanol–water partition coefficient (Wildman–Crippen LogP) is 4.68. The Labute approximate surface area is 190 Å². The van der Waals surface area contributed by atoms with Crippen LogP contribution in [0.25, 0.3) is 0 Å². The van der Waals surface area contributed by atoms with Gasteiger partial charge in [-0.25, -0.2) is 9.59 Å². The van der Waals surface area contributed by atoms with Gasteiger partial charge in [0.25, 0.3) is 0 Å². The number of amides is 1. The highest BCUT2D eigenvalue weighted by molar-refractivity contribution is 7.99. The van der Waals surface area contributed by atoms with Crippen LogP contribution in [0.3, 0.4) is 0 Å². The molecule has 1 N–H and O–H groups in total. The molecule has 0 aliphatic heterocycles. The molecule has 0 atom stereocenters. The molecule has 0 aliphatic rings. The second-order valence-electron chi connectivity index (χ2n) is 7.46. The highest BCUT2D eigenvalue weighted by Crippen LogP contribution is 2.24. The van der Waals surface area contributed by atoms with Crippen molar-refractivity contribution in [1.29, 1.82) is 0 Å². The Morgan fingerprint density at radius 2 is 1.42 bits per heavy atom. The fourth-order valence-corrected chi connectivity index (χ4v) is 4.18. The van der Waals surface area contributed by atoms with E-state index in [0.717, 1.165) is 16.2 Å².